The molecule has 0 saturated heterocycles. The van der Waals surface area contributed by atoms with E-state index >= 15 is 0 Å². The van der Waals surface area contributed by atoms with Crippen LogP contribution >= 0.6 is 0 Å². The minimum Gasteiger partial charge on any atom is -0.496 e. The molecular weight excluding hydrogens is 587 g/mol. The second-order valence-corrected chi connectivity index (χ2v) is 12.9. The van der Waals surface area contributed by atoms with E-state index in [0.29, 0.717) is 22.4 Å². The number of carbonyl (C=O) groups excluding carboxylic acids is 2. The molecule has 1 heterocycles. The number of hydrogen-bond donors (Lipinski definition) is 0. The molecule has 1 aliphatic rings. The van der Waals surface area contributed by atoms with Gasteiger partial charge in [-0.25, -0.2) is 4.79 Å². The maximum Gasteiger partial charge on any atom is 0.534 e. The number of carbonyl (C=O) groups is 2. The van der Waals surface area contributed by atoms with Crippen LogP contribution in [-0.4, -0.2) is 50.5 Å². The third-order valence-corrected chi connectivity index (χ3v) is 8.38. The Bertz CT molecular complexity index is 1630. The summed E-state index contributed by atoms with van der Waals surface area (Å²) in [6.45, 7) is 5.90. The number of amides is 1. The third-order valence-electron chi connectivity index (χ3n) is 7.40. The number of ether oxygens (including phenoxy) is 2. The summed E-state index contributed by atoms with van der Waals surface area (Å²) in [5.41, 5.74) is -4.89. The predicted octanol–water partition coefficient (Wildman–Crippen LogP) is 5.57. The molecule has 0 spiro atoms. The Hall–Kier alpha value is -4.06. The number of halogens is 3. The van der Waals surface area contributed by atoms with E-state index in [0.717, 1.165) is 17.7 Å². The van der Waals surface area contributed by atoms with Gasteiger partial charge in [0.1, 0.15) is 17.0 Å². The quantitative estimate of drug-likeness (QED) is 0.194. The summed E-state index contributed by atoms with van der Waals surface area (Å²) in [6.07, 6.45) is -0.176. The Balaban J connectivity index is 1.86. The molecule has 230 valence electrons. The minimum absolute atomic E-state index is 0.00877. The Morgan fingerprint density at radius 1 is 0.930 bits per heavy atom. The van der Waals surface area contributed by atoms with Crippen molar-refractivity contribution in [3.05, 3.63) is 94.5 Å². The summed E-state index contributed by atoms with van der Waals surface area (Å²) >= 11 is 0. The Morgan fingerprint density at radius 3 is 2.19 bits per heavy atom. The molecule has 0 N–H and O–H groups in total. The van der Waals surface area contributed by atoms with Gasteiger partial charge in [-0.15, -0.1) is 0 Å². The standard InChI is InChI=1S/C31H32F3NO7S/c1-29(2,3)25-14-12-21(16-26(25)40-4)27(36)35-19-22-11-13-24(42-43(38,39)31(32,33)34)15-23(22)18-30(35,28(37)41-5)17-20-9-7-6-8-10-20/h6-16H,17-19H2,1-5H3. The number of fused-ring (bicyclic) bond motifs is 1. The van der Waals surface area contributed by atoms with Gasteiger partial charge in [-0.1, -0.05) is 63.2 Å². The number of hydrogen-bond acceptors (Lipinski definition) is 7. The van der Waals surface area contributed by atoms with Crippen molar-refractivity contribution in [2.45, 2.75) is 56.6 Å². The number of benzene rings is 3. The number of nitrogens with zero attached hydrogens (tertiary/aromatic N) is 1. The van der Waals surface area contributed by atoms with Gasteiger partial charge in [0.25, 0.3) is 5.91 Å². The molecule has 1 amide bonds. The SMILES string of the molecule is COC(=O)C1(Cc2ccccc2)Cc2cc(OS(=O)(=O)C(F)(F)F)ccc2CN1C(=O)c1ccc(C(C)(C)C)c(OC)c1. The first-order chi connectivity index (χ1) is 20.0. The van der Waals surface area contributed by atoms with E-state index in [1.54, 1.807) is 48.5 Å². The fourth-order valence-corrected chi connectivity index (χ4v) is 5.73. The summed E-state index contributed by atoms with van der Waals surface area (Å²) in [5.74, 6) is -1.32. The first-order valence-electron chi connectivity index (χ1n) is 13.3. The molecular formula is C31H32F3NO7S. The van der Waals surface area contributed by atoms with E-state index in [2.05, 4.69) is 4.18 Å². The predicted molar refractivity (Wildman–Crippen MR) is 152 cm³/mol. The Morgan fingerprint density at radius 2 is 1.60 bits per heavy atom. The van der Waals surface area contributed by atoms with Crippen LogP contribution in [0.15, 0.2) is 66.7 Å². The zero-order chi connectivity index (χ0) is 31.8. The van der Waals surface area contributed by atoms with E-state index in [1.807, 2.05) is 20.8 Å². The third kappa shape index (κ3) is 6.34. The van der Waals surface area contributed by atoms with Gasteiger partial charge in [0, 0.05) is 24.9 Å². The van der Waals surface area contributed by atoms with Crippen LogP contribution in [0.25, 0.3) is 0 Å². The zero-order valence-electron chi connectivity index (χ0n) is 24.3. The maximum atomic E-state index is 14.3. The molecule has 0 fully saturated rings. The highest BCUT2D eigenvalue weighted by molar-refractivity contribution is 7.88. The van der Waals surface area contributed by atoms with Crippen LogP contribution in [0.4, 0.5) is 13.2 Å². The molecule has 1 aliphatic heterocycles. The van der Waals surface area contributed by atoms with Crippen molar-refractivity contribution in [1.29, 1.82) is 0 Å². The van der Waals surface area contributed by atoms with Gasteiger partial charge in [0.15, 0.2) is 0 Å². The lowest BCUT2D eigenvalue weighted by Gasteiger charge is -2.46. The molecule has 0 aliphatic carbocycles. The number of rotatable bonds is 7. The van der Waals surface area contributed by atoms with Crippen LogP contribution < -0.4 is 8.92 Å². The Kier molecular flexibility index (Phi) is 8.56. The van der Waals surface area contributed by atoms with Gasteiger partial charge < -0.3 is 18.6 Å². The molecule has 1 atom stereocenters. The number of esters is 1. The van der Waals surface area contributed by atoms with Gasteiger partial charge in [0.2, 0.25) is 0 Å². The second kappa shape index (κ2) is 11.6. The van der Waals surface area contributed by atoms with Gasteiger partial charge in [-0.3, -0.25) is 4.79 Å². The average molecular weight is 620 g/mol. The van der Waals surface area contributed by atoms with Crippen molar-refractivity contribution in [3.63, 3.8) is 0 Å². The monoisotopic (exact) mass is 619 g/mol. The summed E-state index contributed by atoms with van der Waals surface area (Å²) in [7, 11) is -3.24. The fraction of sp³-hybridized carbons (Fsp3) is 0.355. The van der Waals surface area contributed by atoms with E-state index < -0.39 is 38.8 Å². The number of methoxy groups -OCH3 is 2. The molecule has 12 heteroatoms. The summed E-state index contributed by atoms with van der Waals surface area (Å²) in [6, 6.07) is 17.6. The average Bonchev–Trinajstić information content (AvgIpc) is 2.94. The summed E-state index contributed by atoms with van der Waals surface area (Å²) in [4.78, 5) is 29.3. The lowest BCUT2D eigenvalue weighted by atomic mass is 9.77. The van der Waals surface area contributed by atoms with Crippen LogP contribution in [0.3, 0.4) is 0 Å². The fourth-order valence-electron chi connectivity index (χ4n) is 5.28. The van der Waals surface area contributed by atoms with Gasteiger partial charge in [0.05, 0.1) is 14.2 Å². The van der Waals surface area contributed by atoms with Crippen LogP contribution in [0.2, 0.25) is 0 Å². The molecule has 1 unspecified atom stereocenters. The summed E-state index contributed by atoms with van der Waals surface area (Å²) in [5, 5.41) is 0. The molecule has 0 saturated carbocycles. The smallest absolute Gasteiger partial charge is 0.496 e. The lowest BCUT2D eigenvalue weighted by Crippen LogP contribution is -2.62. The molecule has 3 aromatic carbocycles. The van der Waals surface area contributed by atoms with Crippen LogP contribution in [-0.2, 0) is 44.5 Å². The first kappa shape index (κ1) is 31.9. The van der Waals surface area contributed by atoms with Crippen LogP contribution in [0.5, 0.6) is 11.5 Å². The van der Waals surface area contributed by atoms with Gasteiger partial charge in [-0.2, -0.15) is 21.6 Å². The minimum atomic E-state index is -5.92. The van der Waals surface area contributed by atoms with Crippen molar-refractivity contribution in [2.75, 3.05) is 14.2 Å². The maximum absolute atomic E-state index is 14.3. The Labute approximate surface area is 248 Å². The largest absolute Gasteiger partial charge is 0.534 e. The highest BCUT2D eigenvalue weighted by atomic mass is 32.2. The lowest BCUT2D eigenvalue weighted by molar-refractivity contribution is -0.154. The first-order valence-corrected chi connectivity index (χ1v) is 14.7. The van der Waals surface area contributed by atoms with Crippen molar-refractivity contribution >= 4 is 22.0 Å². The molecule has 3 aromatic rings. The van der Waals surface area contributed by atoms with Gasteiger partial charge in [-0.05, 0) is 51.9 Å². The van der Waals surface area contributed by atoms with E-state index in [4.69, 9.17) is 9.47 Å². The van der Waals surface area contributed by atoms with Crippen LogP contribution in [0.1, 0.15) is 53.4 Å². The zero-order valence-corrected chi connectivity index (χ0v) is 25.1. The topological polar surface area (TPSA) is 99.2 Å². The van der Waals surface area contributed by atoms with E-state index in [9.17, 15) is 31.2 Å². The normalized spacial score (nSPS) is 17.2. The van der Waals surface area contributed by atoms with Crippen molar-refractivity contribution in [1.82, 2.24) is 4.90 Å². The number of alkyl halides is 3. The molecule has 0 radical (unpaired) electrons. The second-order valence-electron chi connectivity index (χ2n) is 11.3. The molecule has 4 rings (SSSR count). The van der Waals surface area contributed by atoms with E-state index in [-0.39, 0.29) is 30.4 Å². The highest BCUT2D eigenvalue weighted by Gasteiger charge is 2.52. The van der Waals surface area contributed by atoms with Crippen LogP contribution in [0, 0.1) is 0 Å². The molecule has 0 bridgehead atoms. The molecule has 0 aromatic heterocycles. The molecule has 8 nitrogen and oxygen atoms in total. The van der Waals surface area contributed by atoms with E-state index in [1.165, 1.54) is 25.2 Å². The molecule has 43 heavy (non-hydrogen) atoms. The van der Waals surface area contributed by atoms with Crippen molar-refractivity contribution < 1.29 is 44.8 Å². The van der Waals surface area contributed by atoms with Crippen molar-refractivity contribution in [3.8, 4) is 11.5 Å². The van der Waals surface area contributed by atoms with Crippen molar-refractivity contribution in [2.24, 2.45) is 0 Å². The highest BCUT2D eigenvalue weighted by Crippen LogP contribution is 2.39. The summed E-state index contributed by atoms with van der Waals surface area (Å²) < 4.78 is 77.5. The van der Waals surface area contributed by atoms with Gasteiger partial charge >= 0.3 is 21.6 Å².